The number of hydrogen-bond donors (Lipinski definition) is 0. The van der Waals surface area contributed by atoms with Gasteiger partial charge in [0, 0.05) is 10.5 Å². The first kappa shape index (κ1) is 13.8. The van der Waals surface area contributed by atoms with E-state index in [0.29, 0.717) is 5.56 Å². The van der Waals surface area contributed by atoms with Gasteiger partial charge in [0.2, 0.25) is 11.3 Å². The van der Waals surface area contributed by atoms with E-state index in [-0.39, 0.29) is 0 Å². The minimum Gasteiger partial charge on any atom is -0.290 e. The van der Waals surface area contributed by atoms with Crippen LogP contribution in [0, 0.1) is 0 Å². The predicted octanol–water partition coefficient (Wildman–Crippen LogP) is 5.11. The largest absolute Gasteiger partial charge is 0.290 e. The zero-order valence-corrected chi connectivity index (χ0v) is 12.0. The molecular weight excluding hydrogens is 283 g/mol. The lowest BCUT2D eigenvalue weighted by Gasteiger charge is -2.08. The minimum absolute atomic E-state index is 0.401. The van der Waals surface area contributed by atoms with Crippen LogP contribution in [-0.4, -0.2) is 11.3 Å². The zero-order chi connectivity index (χ0) is 14.7. The van der Waals surface area contributed by atoms with Crippen molar-refractivity contribution >= 4 is 28.3 Å². The van der Waals surface area contributed by atoms with Crippen LogP contribution < -0.4 is 0 Å². The first-order chi connectivity index (χ1) is 10.2. The molecule has 0 spiro atoms. The molecule has 0 heterocycles. The van der Waals surface area contributed by atoms with Crippen LogP contribution in [0.1, 0.15) is 10.4 Å². The first-order valence-corrected chi connectivity index (χ1v) is 7.51. The Kier molecular flexibility index (Phi) is 4.02. The number of hydrogen-bond acceptors (Lipinski definition) is 2. The molecule has 0 aliphatic rings. The monoisotopic (exact) mass is 296 g/mol. The van der Waals surface area contributed by atoms with E-state index >= 15 is 0 Å². The number of Topliss-reactive ketones (excluding diaryl/α,β-unsaturated/α-hetero) is 1. The third-order valence-electron chi connectivity index (χ3n) is 3.22. The zero-order valence-electron chi connectivity index (χ0n) is 11.2. The SMILES string of the molecule is O=C(c1ccccc1)C(F)Sc1ccc2ccccc2c1. The van der Waals surface area contributed by atoms with Crippen LogP contribution in [0.5, 0.6) is 0 Å². The number of ketones is 1. The molecule has 1 nitrogen and oxygen atoms in total. The highest BCUT2D eigenvalue weighted by atomic mass is 32.2. The molecule has 1 unspecified atom stereocenters. The fraction of sp³-hybridized carbons (Fsp3) is 0.0556. The van der Waals surface area contributed by atoms with Crippen molar-refractivity contribution in [3.05, 3.63) is 78.4 Å². The fourth-order valence-electron chi connectivity index (χ4n) is 2.15. The summed E-state index contributed by atoms with van der Waals surface area (Å²) < 4.78 is 14.2. The highest BCUT2D eigenvalue weighted by Gasteiger charge is 2.20. The number of carbonyl (C=O) groups excluding carboxylic acids is 1. The standard InChI is InChI=1S/C18H13FOS/c19-18(17(20)14-7-2-1-3-8-14)21-16-11-10-13-6-4-5-9-15(13)12-16/h1-12,18H. The van der Waals surface area contributed by atoms with Crippen molar-refractivity contribution < 1.29 is 9.18 Å². The average molecular weight is 296 g/mol. The molecule has 3 rings (SSSR count). The van der Waals surface area contributed by atoms with Crippen molar-refractivity contribution in [3.63, 3.8) is 0 Å². The molecule has 21 heavy (non-hydrogen) atoms. The van der Waals surface area contributed by atoms with Crippen LogP contribution in [0.25, 0.3) is 10.8 Å². The molecule has 0 bridgehead atoms. The number of alkyl halides is 1. The van der Waals surface area contributed by atoms with Gasteiger partial charge in [-0.25, -0.2) is 4.39 Å². The number of halogens is 1. The molecule has 0 amide bonds. The Hall–Kier alpha value is -2.13. The van der Waals surface area contributed by atoms with Gasteiger partial charge in [0.05, 0.1) is 0 Å². The third kappa shape index (κ3) is 3.14. The molecule has 0 aliphatic heterocycles. The molecule has 104 valence electrons. The van der Waals surface area contributed by atoms with E-state index in [2.05, 4.69) is 0 Å². The molecule has 0 aromatic heterocycles. The van der Waals surface area contributed by atoms with Crippen molar-refractivity contribution in [2.45, 2.75) is 10.4 Å². The summed E-state index contributed by atoms with van der Waals surface area (Å²) in [6.07, 6.45) is 0. The van der Waals surface area contributed by atoms with Crippen molar-refractivity contribution in [1.82, 2.24) is 0 Å². The van der Waals surface area contributed by atoms with Gasteiger partial charge in [0.1, 0.15) is 0 Å². The van der Waals surface area contributed by atoms with Crippen molar-refractivity contribution in [3.8, 4) is 0 Å². The normalized spacial score (nSPS) is 12.2. The second kappa shape index (κ2) is 6.10. The maximum absolute atomic E-state index is 14.2. The van der Waals surface area contributed by atoms with Gasteiger partial charge in [-0.2, -0.15) is 0 Å². The molecule has 0 saturated heterocycles. The Morgan fingerprint density at radius 1 is 0.857 bits per heavy atom. The van der Waals surface area contributed by atoms with E-state index in [4.69, 9.17) is 0 Å². The Morgan fingerprint density at radius 2 is 1.52 bits per heavy atom. The van der Waals surface area contributed by atoms with E-state index < -0.39 is 11.3 Å². The third-order valence-corrected chi connectivity index (χ3v) is 4.17. The highest BCUT2D eigenvalue weighted by Crippen LogP contribution is 2.29. The molecule has 0 N–H and O–H groups in total. The van der Waals surface area contributed by atoms with E-state index in [0.717, 1.165) is 27.4 Å². The number of carbonyl (C=O) groups is 1. The number of fused-ring (bicyclic) bond motifs is 1. The van der Waals surface area contributed by atoms with Gasteiger partial charge in [0.25, 0.3) is 0 Å². The first-order valence-electron chi connectivity index (χ1n) is 6.63. The predicted molar refractivity (Wildman–Crippen MR) is 85.5 cm³/mol. The summed E-state index contributed by atoms with van der Waals surface area (Å²) in [5.41, 5.74) is -1.19. The molecular formula is C18H13FOS. The van der Waals surface area contributed by atoms with Crippen LogP contribution in [0.15, 0.2) is 77.7 Å². The Morgan fingerprint density at radius 3 is 2.29 bits per heavy atom. The molecule has 0 radical (unpaired) electrons. The lowest BCUT2D eigenvalue weighted by atomic mass is 10.1. The average Bonchev–Trinajstić information content (AvgIpc) is 2.55. The van der Waals surface area contributed by atoms with Crippen LogP contribution in [0.2, 0.25) is 0 Å². The highest BCUT2D eigenvalue weighted by molar-refractivity contribution is 8.00. The molecule has 0 aliphatic carbocycles. The maximum Gasteiger partial charge on any atom is 0.213 e. The van der Waals surface area contributed by atoms with Crippen LogP contribution in [0.4, 0.5) is 4.39 Å². The summed E-state index contributed by atoms with van der Waals surface area (Å²) in [5, 5.41) is 2.15. The van der Waals surface area contributed by atoms with Gasteiger partial charge in [-0.15, -0.1) is 0 Å². The topological polar surface area (TPSA) is 17.1 Å². The second-order valence-corrected chi connectivity index (χ2v) is 5.79. The van der Waals surface area contributed by atoms with Gasteiger partial charge >= 0.3 is 0 Å². The molecule has 1 atom stereocenters. The quantitative estimate of drug-likeness (QED) is 0.491. The van der Waals surface area contributed by atoms with Crippen molar-refractivity contribution in [2.24, 2.45) is 0 Å². The lowest BCUT2D eigenvalue weighted by Crippen LogP contribution is -2.11. The Bertz CT molecular complexity index is 770. The molecule has 3 heteroatoms. The summed E-state index contributed by atoms with van der Waals surface area (Å²) >= 11 is 0.945. The second-order valence-electron chi connectivity index (χ2n) is 4.67. The van der Waals surface area contributed by atoms with Gasteiger partial charge in [-0.1, -0.05) is 72.4 Å². The lowest BCUT2D eigenvalue weighted by molar-refractivity contribution is 0.0939. The van der Waals surface area contributed by atoms with E-state index in [9.17, 15) is 9.18 Å². The summed E-state index contributed by atoms with van der Waals surface area (Å²) in [6.45, 7) is 0. The van der Waals surface area contributed by atoms with E-state index in [1.165, 1.54) is 0 Å². The summed E-state index contributed by atoms with van der Waals surface area (Å²) in [7, 11) is 0. The van der Waals surface area contributed by atoms with Crippen molar-refractivity contribution in [1.29, 1.82) is 0 Å². The van der Waals surface area contributed by atoms with Crippen molar-refractivity contribution in [2.75, 3.05) is 0 Å². The Balaban J connectivity index is 1.80. The van der Waals surface area contributed by atoms with Crippen LogP contribution in [0.3, 0.4) is 0 Å². The summed E-state index contributed by atoms with van der Waals surface area (Å²) in [4.78, 5) is 12.8. The fourth-order valence-corrected chi connectivity index (χ4v) is 2.97. The van der Waals surface area contributed by atoms with Crippen LogP contribution >= 0.6 is 11.8 Å². The number of thioether (sulfide) groups is 1. The minimum atomic E-state index is -1.59. The number of rotatable bonds is 4. The van der Waals surface area contributed by atoms with Gasteiger partial charge < -0.3 is 0 Å². The van der Waals surface area contributed by atoms with Gasteiger partial charge in [-0.05, 0) is 22.9 Å². The molecule has 0 saturated carbocycles. The van der Waals surface area contributed by atoms with Gasteiger partial charge in [0.15, 0.2) is 0 Å². The molecule has 3 aromatic rings. The Labute approximate surface area is 126 Å². The molecule has 0 fully saturated rings. The number of benzene rings is 3. The maximum atomic E-state index is 14.2. The summed E-state index contributed by atoms with van der Waals surface area (Å²) in [6, 6.07) is 22.1. The van der Waals surface area contributed by atoms with E-state index in [1.54, 1.807) is 30.3 Å². The smallest absolute Gasteiger partial charge is 0.213 e. The van der Waals surface area contributed by atoms with Crippen LogP contribution in [-0.2, 0) is 0 Å². The van der Waals surface area contributed by atoms with Gasteiger partial charge in [-0.3, -0.25) is 4.79 Å². The van der Waals surface area contributed by atoms with E-state index in [1.807, 2.05) is 42.5 Å². The summed E-state index contributed by atoms with van der Waals surface area (Å²) in [5.74, 6) is -0.492. The molecule has 3 aromatic carbocycles.